The summed E-state index contributed by atoms with van der Waals surface area (Å²) in [7, 11) is 0. The summed E-state index contributed by atoms with van der Waals surface area (Å²) in [5.41, 5.74) is 3.32. The molecule has 1 amide bonds. The maximum absolute atomic E-state index is 13.4. The Morgan fingerprint density at radius 1 is 1.06 bits per heavy atom. The molecule has 33 heavy (non-hydrogen) atoms. The van der Waals surface area contributed by atoms with Crippen LogP contribution in [-0.2, 0) is 4.79 Å². The van der Waals surface area contributed by atoms with Gasteiger partial charge in [-0.15, -0.1) is 5.10 Å². The summed E-state index contributed by atoms with van der Waals surface area (Å²) in [5, 5.41) is 12.0. The van der Waals surface area contributed by atoms with E-state index in [1.807, 2.05) is 37.3 Å². The van der Waals surface area contributed by atoms with Crippen LogP contribution in [0.4, 0.5) is 11.6 Å². The molecule has 2 N–H and O–H groups in total. The number of rotatable bonds is 4. The number of carbonyl (C=O) groups is 1. The Morgan fingerprint density at radius 2 is 1.85 bits per heavy atom. The minimum Gasteiger partial charge on any atom is -0.328 e. The highest BCUT2D eigenvalue weighted by Crippen LogP contribution is 2.38. The number of allylic oxidation sites excluding steroid dienone is 1. The second kappa shape index (κ2) is 8.69. The first-order chi connectivity index (χ1) is 16.0. The van der Waals surface area contributed by atoms with Crippen LogP contribution < -0.4 is 10.6 Å². The number of fused-ring (bicyclic) bond motifs is 1. The molecule has 0 unspecified atom stereocenters. The average molecular weight is 477 g/mol. The van der Waals surface area contributed by atoms with Crippen LogP contribution in [0.2, 0.25) is 10.0 Å². The number of halogens is 2. The molecule has 0 spiro atoms. The summed E-state index contributed by atoms with van der Waals surface area (Å²) in [6, 6.07) is 17.7. The minimum atomic E-state index is -0.529. The summed E-state index contributed by atoms with van der Waals surface area (Å²) in [6.45, 7) is 1.84. The van der Waals surface area contributed by atoms with E-state index in [4.69, 9.17) is 28.3 Å². The van der Waals surface area contributed by atoms with Gasteiger partial charge in [-0.3, -0.25) is 9.78 Å². The van der Waals surface area contributed by atoms with Crippen molar-refractivity contribution in [2.75, 3.05) is 10.6 Å². The van der Waals surface area contributed by atoms with Crippen LogP contribution in [0, 0.1) is 0 Å². The van der Waals surface area contributed by atoms with Gasteiger partial charge in [-0.05, 0) is 48.9 Å². The summed E-state index contributed by atoms with van der Waals surface area (Å²) in [5.74, 6) is 0.706. The number of aromatic nitrogens is 4. The Bertz CT molecular complexity index is 1370. The van der Waals surface area contributed by atoms with E-state index in [0.29, 0.717) is 44.3 Å². The van der Waals surface area contributed by atoms with Gasteiger partial charge in [0.15, 0.2) is 5.82 Å². The van der Waals surface area contributed by atoms with Gasteiger partial charge in [0.05, 0.1) is 22.5 Å². The molecule has 2 aromatic carbocycles. The summed E-state index contributed by atoms with van der Waals surface area (Å²) in [6.07, 6.45) is 3.24. The van der Waals surface area contributed by atoms with Crippen molar-refractivity contribution in [3.05, 3.63) is 99.9 Å². The average Bonchev–Trinajstić information content (AvgIpc) is 3.23. The summed E-state index contributed by atoms with van der Waals surface area (Å²) in [4.78, 5) is 22.2. The predicted molar refractivity (Wildman–Crippen MR) is 129 cm³/mol. The zero-order valence-electron chi connectivity index (χ0n) is 17.5. The summed E-state index contributed by atoms with van der Waals surface area (Å²) >= 11 is 12.5. The van der Waals surface area contributed by atoms with Crippen molar-refractivity contribution in [2.24, 2.45) is 0 Å². The Balaban J connectivity index is 1.62. The highest BCUT2D eigenvalue weighted by Gasteiger charge is 2.34. The van der Waals surface area contributed by atoms with E-state index in [0.717, 1.165) is 5.56 Å². The minimum absolute atomic E-state index is 0.270. The van der Waals surface area contributed by atoms with E-state index < -0.39 is 6.04 Å². The van der Waals surface area contributed by atoms with Crippen molar-refractivity contribution in [1.29, 1.82) is 0 Å². The standard InChI is InChI=1S/C24H18Cl2N6O/c1-14-20(23(33)29-17-5-4-12-27-13-17)21(15-8-10-16(25)11-9-15)32-24(28-14)30-22(31-32)18-6-2-3-7-19(18)26/h2-13,21H,1H3,(H,29,33)(H,28,30,31)/t21-/m0/s1. The third kappa shape index (κ3) is 4.08. The smallest absolute Gasteiger partial charge is 0.255 e. The lowest BCUT2D eigenvalue weighted by Gasteiger charge is -2.28. The zero-order valence-corrected chi connectivity index (χ0v) is 19.0. The van der Waals surface area contributed by atoms with Crippen LogP contribution >= 0.6 is 23.2 Å². The molecule has 0 bridgehead atoms. The monoisotopic (exact) mass is 476 g/mol. The maximum atomic E-state index is 13.4. The molecule has 1 aliphatic heterocycles. The molecule has 7 nitrogen and oxygen atoms in total. The molecule has 4 aromatic rings. The first-order valence-corrected chi connectivity index (χ1v) is 10.9. The normalized spacial score (nSPS) is 15.1. The molecule has 1 aliphatic rings. The number of pyridine rings is 1. The van der Waals surface area contributed by atoms with Crippen LogP contribution in [-0.4, -0.2) is 25.7 Å². The number of hydrogen-bond donors (Lipinski definition) is 2. The zero-order chi connectivity index (χ0) is 22.9. The number of carbonyl (C=O) groups excluding carboxylic acids is 1. The molecule has 2 aromatic heterocycles. The molecule has 1 atom stereocenters. The number of anilines is 2. The van der Waals surface area contributed by atoms with Crippen LogP contribution in [0.1, 0.15) is 18.5 Å². The Hall–Kier alpha value is -3.68. The van der Waals surface area contributed by atoms with Crippen molar-refractivity contribution in [3.63, 3.8) is 0 Å². The van der Waals surface area contributed by atoms with Crippen molar-refractivity contribution in [1.82, 2.24) is 19.7 Å². The van der Waals surface area contributed by atoms with E-state index in [9.17, 15) is 4.79 Å². The first-order valence-electron chi connectivity index (χ1n) is 10.2. The number of hydrogen-bond acceptors (Lipinski definition) is 5. The van der Waals surface area contributed by atoms with Crippen molar-refractivity contribution >= 4 is 40.7 Å². The van der Waals surface area contributed by atoms with Gasteiger partial charge in [0.1, 0.15) is 6.04 Å². The third-order valence-electron chi connectivity index (χ3n) is 5.32. The van der Waals surface area contributed by atoms with E-state index in [1.165, 1.54) is 0 Å². The molecular weight excluding hydrogens is 459 g/mol. The van der Waals surface area contributed by atoms with Crippen LogP contribution in [0.15, 0.2) is 84.3 Å². The van der Waals surface area contributed by atoms with Gasteiger partial charge in [-0.1, -0.05) is 47.5 Å². The SMILES string of the molecule is CC1=C(C(=O)Nc2cccnc2)[C@H](c2ccc(Cl)cc2)n2nc(-c3ccccc3Cl)nc2N1. The van der Waals surface area contributed by atoms with Crippen LogP contribution in [0.3, 0.4) is 0 Å². The lowest BCUT2D eigenvalue weighted by atomic mass is 9.95. The first kappa shape index (κ1) is 21.2. The topological polar surface area (TPSA) is 84.7 Å². The lowest BCUT2D eigenvalue weighted by Crippen LogP contribution is -2.31. The van der Waals surface area contributed by atoms with Gasteiger partial charge in [0, 0.05) is 22.5 Å². The summed E-state index contributed by atoms with van der Waals surface area (Å²) < 4.78 is 1.70. The molecule has 3 heterocycles. The fourth-order valence-corrected chi connectivity index (χ4v) is 4.14. The molecule has 0 saturated heterocycles. The number of nitrogens with zero attached hydrogens (tertiary/aromatic N) is 4. The number of nitrogens with one attached hydrogen (secondary N) is 2. The Labute approximate surface area is 200 Å². The largest absolute Gasteiger partial charge is 0.328 e. The molecule has 9 heteroatoms. The van der Waals surface area contributed by atoms with Gasteiger partial charge in [-0.25, -0.2) is 4.68 Å². The molecule has 0 aliphatic carbocycles. The fourth-order valence-electron chi connectivity index (χ4n) is 3.79. The molecule has 0 saturated carbocycles. The van der Waals surface area contributed by atoms with E-state index in [1.54, 1.807) is 47.4 Å². The molecule has 5 rings (SSSR count). The van der Waals surface area contributed by atoms with Crippen LogP contribution in [0.25, 0.3) is 11.4 Å². The highest BCUT2D eigenvalue weighted by molar-refractivity contribution is 6.33. The molecular formula is C24H18Cl2N6O. The van der Waals surface area contributed by atoms with Gasteiger partial charge in [0.2, 0.25) is 5.95 Å². The molecule has 0 fully saturated rings. The fraction of sp³-hybridized carbons (Fsp3) is 0.0833. The van der Waals surface area contributed by atoms with E-state index in [-0.39, 0.29) is 5.91 Å². The van der Waals surface area contributed by atoms with Crippen LogP contribution in [0.5, 0.6) is 0 Å². The highest BCUT2D eigenvalue weighted by atomic mass is 35.5. The third-order valence-corrected chi connectivity index (χ3v) is 5.90. The quantitative estimate of drug-likeness (QED) is 0.401. The van der Waals surface area contributed by atoms with Crippen molar-refractivity contribution < 1.29 is 4.79 Å². The number of benzene rings is 2. The Kier molecular flexibility index (Phi) is 5.58. The predicted octanol–water partition coefficient (Wildman–Crippen LogP) is 5.57. The second-order valence-corrected chi connectivity index (χ2v) is 8.34. The van der Waals surface area contributed by atoms with Crippen molar-refractivity contribution in [3.8, 4) is 11.4 Å². The molecule has 0 radical (unpaired) electrons. The van der Waals surface area contributed by atoms with Gasteiger partial charge in [-0.2, -0.15) is 4.98 Å². The van der Waals surface area contributed by atoms with E-state index in [2.05, 4.69) is 20.6 Å². The maximum Gasteiger partial charge on any atom is 0.255 e. The van der Waals surface area contributed by atoms with Gasteiger partial charge >= 0.3 is 0 Å². The van der Waals surface area contributed by atoms with Gasteiger partial charge < -0.3 is 10.6 Å². The number of amides is 1. The Morgan fingerprint density at radius 3 is 2.58 bits per heavy atom. The van der Waals surface area contributed by atoms with E-state index >= 15 is 0 Å². The molecule has 164 valence electrons. The lowest BCUT2D eigenvalue weighted by molar-refractivity contribution is -0.113. The second-order valence-electron chi connectivity index (χ2n) is 7.50. The van der Waals surface area contributed by atoms with Gasteiger partial charge in [0.25, 0.3) is 5.91 Å². The van der Waals surface area contributed by atoms with Crippen molar-refractivity contribution in [2.45, 2.75) is 13.0 Å².